The van der Waals surface area contributed by atoms with Crippen LogP contribution in [-0.2, 0) is 16.1 Å². The van der Waals surface area contributed by atoms with E-state index in [0.29, 0.717) is 25.3 Å². The van der Waals surface area contributed by atoms with Crippen molar-refractivity contribution < 1.29 is 14.3 Å². The van der Waals surface area contributed by atoms with E-state index < -0.39 is 6.04 Å². The van der Waals surface area contributed by atoms with Gasteiger partial charge in [0.05, 0.1) is 4.47 Å². The number of hydrogen-bond donors (Lipinski definition) is 1. The molecule has 33 heavy (non-hydrogen) atoms. The van der Waals surface area contributed by atoms with E-state index >= 15 is 0 Å². The van der Waals surface area contributed by atoms with E-state index in [1.807, 2.05) is 73.7 Å². The van der Waals surface area contributed by atoms with Crippen LogP contribution in [0.5, 0.6) is 5.75 Å². The average molecular weight is 511 g/mol. The minimum Gasteiger partial charge on any atom is -0.483 e. The molecule has 1 N–H and O–H groups in total. The van der Waals surface area contributed by atoms with Crippen molar-refractivity contribution in [2.45, 2.75) is 45.7 Å². The first kappa shape index (κ1) is 24.8. The summed E-state index contributed by atoms with van der Waals surface area (Å²) in [4.78, 5) is 27.9. The summed E-state index contributed by atoms with van der Waals surface area (Å²) in [6.45, 7) is 4.82. The topological polar surface area (TPSA) is 58.6 Å². The van der Waals surface area contributed by atoms with Gasteiger partial charge in [0.25, 0.3) is 5.91 Å². The predicted molar refractivity (Wildman–Crippen MR) is 136 cm³/mol. The highest BCUT2D eigenvalue weighted by molar-refractivity contribution is 9.10. The zero-order valence-electron chi connectivity index (χ0n) is 19.2. The first-order valence-corrected chi connectivity index (χ1v) is 12.3. The highest BCUT2D eigenvalue weighted by Gasteiger charge is 2.29. The molecular weight excluding hydrogens is 480 g/mol. The van der Waals surface area contributed by atoms with Crippen molar-refractivity contribution in [3.05, 3.63) is 76.8 Å². The summed E-state index contributed by atoms with van der Waals surface area (Å²) in [5.41, 5.74) is 0.970. The minimum absolute atomic E-state index is 0.123. The number of nitrogens with one attached hydrogen (secondary N) is 1. The molecule has 0 spiro atoms. The number of unbranched alkanes of at least 4 members (excludes halogenated alkanes) is 1. The molecule has 3 aromatic rings. The summed E-state index contributed by atoms with van der Waals surface area (Å²) in [5, 5.41) is 5.08. The van der Waals surface area contributed by atoms with Gasteiger partial charge in [0.15, 0.2) is 6.61 Å². The Kier molecular flexibility index (Phi) is 9.31. The molecule has 0 heterocycles. The summed E-state index contributed by atoms with van der Waals surface area (Å²) >= 11 is 3.61. The summed E-state index contributed by atoms with van der Waals surface area (Å²) in [6, 6.07) is 21.0. The summed E-state index contributed by atoms with van der Waals surface area (Å²) in [5.74, 6) is 0.251. The number of benzene rings is 3. The standard InChI is InChI=1S/C27H31BrN2O3/c1-3-5-17-29-27(32)23(4-2)30(18-20-11-7-6-8-12-20)25(31)19-33-24-16-15-21-13-9-10-14-22(21)26(24)28/h6-16,23H,3-5,17-19H2,1-2H3,(H,29,32). The number of rotatable bonds is 11. The second-order valence-electron chi connectivity index (χ2n) is 7.96. The van der Waals surface area contributed by atoms with Crippen molar-refractivity contribution in [2.75, 3.05) is 13.2 Å². The molecular formula is C27H31BrN2O3. The molecule has 174 valence electrons. The van der Waals surface area contributed by atoms with Gasteiger partial charge in [-0.25, -0.2) is 0 Å². The van der Waals surface area contributed by atoms with Crippen LogP contribution in [0, 0.1) is 0 Å². The molecule has 0 saturated carbocycles. The molecule has 1 atom stereocenters. The average Bonchev–Trinajstić information content (AvgIpc) is 2.84. The molecule has 0 fully saturated rings. The zero-order chi connectivity index (χ0) is 23.6. The highest BCUT2D eigenvalue weighted by Crippen LogP contribution is 2.33. The van der Waals surface area contributed by atoms with Crippen LogP contribution in [0.25, 0.3) is 10.8 Å². The lowest BCUT2D eigenvalue weighted by Crippen LogP contribution is -2.50. The molecule has 0 aliphatic rings. The van der Waals surface area contributed by atoms with E-state index in [4.69, 9.17) is 4.74 Å². The van der Waals surface area contributed by atoms with Gasteiger partial charge < -0.3 is 15.0 Å². The van der Waals surface area contributed by atoms with Gasteiger partial charge in [-0.3, -0.25) is 9.59 Å². The van der Waals surface area contributed by atoms with Crippen LogP contribution in [0.15, 0.2) is 71.2 Å². The van der Waals surface area contributed by atoms with E-state index in [-0.39, 0.29) is 18.4 Å². The predicted octanol–water partition coefficient (Wildman–Crippen LogP) is 5.70. The van der Waals surface area contributed by atoms with Crippen LogP contribution < -0.4 is 10.1 Å². The molecule has 0 bridgehead atoms. The van der Waals surface area contributed by atoms with Crippen molar-refractivity contribution >= 4 is 38.5 Å². The SMILES string of the molecule is CCCCNC(=O)C(CC)N(Cc1ccccc1)C(=O)COc1ccc2ccccc2c1Br. The van der Waals surface area contributed by atoms with Crippen molar-refractivity contribution in [3.63, 3.8) is 0 Å². The fourth-order valence-electron chi connectivity index (χ4n) is 3.75. The van der Waals surface area contributed by atoms with Gasteiger partial charge in [-0.2, -0.15) is 0 Å². The molecule has 6 heteroatoms. The quantitative estimate of drug-likeness (QED) is 0.336. The molecule has 1 unspecified atom stereocenters. The maximum absolute atomic E-state index is 13.3. The van der Waals surface area contributed by atoms with E-state index in [1.54, 1.807) is 4.90 Å². The van der Waals surface area contributed by atoms with Gasteiger partial charge >= 0.3 is 0 Å². The van der Waals surface area contributed by atoms with Crippen molar-refractivity contribution in [3.8, 4) is 5.75 Å². The Morgan fingerprint density at radius 2 is 1.73 bits per heavy atom. The summed E-state index contributed by atoms with van der Waals surface area (Å²) in [7, 11) is 0. The molecule has 0 aromatic heterocycles. The summed E-state index contributed by atoms with van der Waals surface area (Å²) in [6.07, 6.45) is 2.43. The molecule has 0 radical (unpaired) electrons. The Balaban J connectivity index is 1.78. The smallest absolute Gasteiger partial charge is 0.261 e. The molecule has 2 amide bonds. The number of halogens is 1. The Labute approximate surface area is 204 Å². The molecule has 0 aliphatic heterocycles. The number of fused-ring (bicyclic) bond motifs is 1. The van der Waals surface area contributed by atoms with E-state index in [2.05, 4.69) is 28.2 Å². The minimum atomic E-state index is -0.557. The maximum atomic E-state index is 13.3. The second kappa shape index (κ2) is 12.4. The Bertz CT molecular complexity index is 1070. The Morgan fingerprint density at radius 1 is 1.00 bits per heavy atom. The molecule has 0 aliphatic carbocycles. The van der Waals surface area contributed by atoms with Crippen LogP contribution >= 0.6 is 15.9 Å². The first-order chi connectivity index (χ1) is 16.0. The number of ether oxygens (including phenoxy) is 1. The van der Waals surface area contributed by atoms with Gasteiger partial charge in [-0.1, -0.05) is 80.9 Å². The zero-order valence-corrected chi connectivity index (χ0v) is 20.8. The molecule has 3 rings (SSSR count). The van der Waals surface area contributed by atoms with Crippen molar-refractivity contribution in [1.82, 2.24) is 10.2 Å². The summed E-state index contributed by atoms with van der Waals surface area (Å²) < 4.78 is 6.74. The van der Waals surface area contributed by atoms with Gasteiger partial charge in [0, 0.05) is 13.1 Å². The molecule has 3 aromatic carbocycles. The van der Waals surface area contributed by atoms with Crippen LogP contribution in [-0.4, -0.2) is 35.9 Å². The van der Waals surface area contributed by atoms with Gasteiger partial charge in [0.1, 0.15) is 11.8 Å². The Hall–Kier alpha value is -2.86. The van der Waals surface area contributed by atoms with E-state index in [1.165, 1.54) is 0 Å². The highest BCUT2D eigenvalue weighted by atomic mass is 79.9. The van der Waals surface area contributed by atoms with Crippen molar-refractivity contribution in [1.29, 1.82) is 0 Å². The van der Waals surface area contributed by atoms with Gasteiger partial charge in [-0.05, 0) is 51.2 Å². The van der Waals surface area contributed by atoms with E-state index in [9.17, 15) is 9.59 Å². The van der Waals surface area contributed by atoms with Crippen molar-refractivity contribution in [2.24, 2.45) is 0 Å². The third-order valence-electron chi connectivity index (χ3n) is 5.59. The second-order valence-corrected chi connectivity index (χ2v) is 8.76. The normalized spacial score (nSPS) is 11.7. The lowest BCUT2D eigenvalue weighted by Gasteiger charge is -2.30. The lowest BCUT2D eigenvalue weighted by molar-refractivity contribution is -0.143. The monoisotopic (exact) mass is 510 g/mol. The number of carbonyl (C=O) groups is 2. The Morgan fingerprint density at radius 3 is 2.45 bits per heavy atom. The molecule has 5 nitrogen and oxygen atoms in total. The van der Waals surface area contributed by atoms with Crippen LogP contribution in [0.4, 0.5) is 0 Å². The largest absolute Gasteiger partial charge is 0.483 e. The van der Waals surface area contributed by atoms with Crippen LogP contribution in [0.3, 0.4) is 0 Å². The maximum Gasteiger partial charge on any atom is 0.261 e. The fourth-order valence-corrected chi connectivity index (χ4v) is 4.36. The number of amides is 2. The fraction of sp³-hybridized carbons (Fsp3) is 0.333. The molecule has 0 saturated heterocycles. The number of hydrogen-bond acceptors (Lipinski definition) is 3. The lowest BCUT2D eigenvalue weighted by atomic mass is 10.1. The van der Waals surface area contributed by atoms with Gasteiger partial charge in [0.2, 0.25) is 5.91 Å². The van der Waals surface area contributed by atoms with Crippen LogP contribution in [0.2, 0.25) is 0 Å². The van der Waals surface area contributed by atoms with Gasteiger partial charge in [-0.15, -0.1) is 0 Å². The van der Waals surface area contributed by atoms with Crippen LogP contribution in [0.1, 0.15) is 38.7 Å². The number of carbonyl (C=O) groups excluding carboxylic acids is 2. The first-order valence-electron chi connectivity index (χ1n) is 11.5. The number of nitrogens with zero attached hydrogens (tertiary/aromatic N) is 1. The van der Waals surface area contributed by atoms with E-state index in [0.717, 1.165) is 33.7 Å². The third-order valence-corrected chi connectivity index (χ3v) is 6.41. The third kappa shape index (κ3) is 6.57.